The van der Waals surface area contributed by atoms with Crippen LogP contribution in [0.3, 0.4) is 0 Å². The Hall–Kier alpha value is -2.64. The maximum atomic E-state index is 12.4. The van der Waals surface area contributed by atoms with Gasteiger partial charge in [0.05, 0.1) is 6.04 Å². The van der Waals surface area contributed by atoms with E-state index in [9.17, 15) is 18.0 Å². The van der Waals surface area contributed by atoms with Crippen LogP contribution in [0.4, 0.5) is 13.2 Å². The van der Waals surface area contributed by atoms with Crippen molar-refractivity contribution in [1.29, 1.82) is 0 Å². The molecule has 0 saturated heterocycles. The highest BCUT2D eigenvalue weighted by molar-refractivity contribution is 5.95. The number of ether oxygens (including phenoxy) is 1. The fraction of sp³-hybridized carbons (Fsp3) is 0.353. The van der Waals surface area contributed by atoms with E-state index in [0.717, 1.165) is 11.3 Å². The van der Waals surface area contributed by atoms with Crippen molar-refractivity contribution in [3.05, 3.63) is 53.0 Å². The zero-order valence-electron chi connectivity index (χ0n) is 14.0. The van der Waals surface area contributed by atoms with E-state index >= 15 is 0 Å². The zero-order valence-corrected chi connectivity index (χ0v) is 14.0. The van der Waals surface area contributed by atoms with Gasteiger partial charge in [-0.25, -0.2) is 4.98 Å². The van der Waals surface area contributed by atoms with Crippen molar-refractivity contribution >= 4 is 5.91 Å². The molecule has 1 unspecified atom stereocenters. The number of carbonyl (C=O) groups excluding carboxylic acids is 1. The Morgan fingerprint density at radius 1 is 1.24 bits per heavy atom. The number of amides is 1. The molecule has 1 N–H and O–H groups in total. The van der Waals surface area contributed by atoms with Crippen LogP contribution >= 0.6 is 0 Å². The molecule has 2 aromatic heterocycles. The normalized spacial score (nSPS) is 12.6. The average Bonchev–Trinajstić information content (AvgIpc) is 2.55. The van der Waals surface area contributed by atoms with Crippen molar-refractivity contribution in [3.8, 4) is 5.88 Å². The predicted molar refractivity (Wildman–Crippen MR) is 85.4 cm³/mol. The summed E-state index contributed by atoms with van der Waals surface area (Å²) in [5.74, 6) is -0.381. The van der Waals surface area contributed by atoms with Gasteiger partial charge in [-0.05, 0) is 38.0 Å². The second-order valence-electron chi connectivity index (χ2n) is 5.60. The van der Waals surface area contributed by atoms with Crippen LogP contribution in [-0.2, 0) is 0 Å². The molecule has 0 saturated carbocycles. The molecular weight excluding hydrogens is 335 g/mol. The molecule has 0 fully saturated rings. The number of nitrogens with one attached hydrogen (secondary N) is 1. The van der Waals surface area contributed by atoms with Gasteiger partial charge >= 0.3 is 6.18 Å². The lowest BCUT2D eigenvalue weighted by molar-refractivity contribution is -0.154. The number of hydrogen-bond acceptors (Lipinski definition) is 4. The molecule has 8 heteroatoms. The number of hydrogen-bond donors (Lipinski definition) is 1. The van der Waals surface area contributed by atoms with E-state index < -0.39 is 12.8 Å². The molecule has 134 valence electrons. The van der Waals surface area contributed by atoms with Crippen LogP contribution in [0, 0.1) is 13.8 Å². The minimum Gasteiger partial charge on any atom is -0.468 e. The van der Waals surface area contributed by atoms with Crippen molar-refractivity contribution in [2.45, 2.75) is 33.0 Å². The first kappa shape index (κ1) is 18.7. The third-order valence-electron chi connectivity index (χ3n) is 3.69. The van der Waals surface area contributed by atoms with E-state index in [-0.39, 0.29) is 17.8 Å². The van der Waals surface area contributed by atoms with Crippen LogP contribution in [0.5, 0.6) is 5.88 Å². The number of aromatic nitrogens is 2. The van der Waals surface area contributed by atoms with E-state index in [1.165, 1.54) is 12.3 Å². The van der Waals surface area contributed by atoms with Gasteiger partial charge < -0.3 is 10.1 Å². The van der Waals surface area contributed by atoms with Gasteiger partial charge in [-0.2, -0.15) is 13.2 Å². The molecule has 0 aliphatic carbocycles. The Balaban J connectivity index is 2.02. The summed E-state index contributed by atoms with van der Waals surface area (Å²) in [5, 5.41) is 2.83. The lowest BCUT2D eigenvalue weighted by Gasteiger charge is -2.16. The summed E-state index contributed by atoms with van der Waals surface area (Å²) in [6.45, 7) is 4.00. The molecule has 2 aromatic rings. The Morgan fingerprint density at radius 3 is 2.56 bits per heavy atom. The molecule has 25 heavy (non-hydrogen) atoms. The number of rotatable bonds is 5. The highest BCUT2D eigenvalue weighted by Crippen LogP contribution is 2.19. The molecule has 2 rings (SSSR count). The summed E-state index contributed by atoms with van der Waals surface area (Å²) >= 11 is 0. The summed E-state index contributed by atoms with van der Waals surface area (Å²) < 4.78 is 40.9. The van der Waals surface area contributed by atoms with E-state index in [0.29, 0.717) is 11.1 Å². The van der Waals surface area contributed by atoms with E-state index in [1.807, 2.05) is 13.8 Å². The summed E-state index contributed by atoms with van der Waals surface area (Å²) in [6.07, 6.45) is -1.47. The van der Waals surface area contributed by atoms with E-state index in [2.05, 4.69) is 20.0 Å². The van der Waals surface area contributed by atoms with Crippen LogP contribution < -0.4 is 10.1 Å². The van der Waals surface area contributed by atoms with Crippen LogP contribution in [0.2, 0.25) is 0 Å². The van der Waals surface area contributed by atoms with Crippen molar-refractivity contribution < 1.29 is 22.7 Å². The van der Waals surface area contributed by atoms with Gasteiger partial charge in [0.1, 0.15) is 0 Å². The van der Waals surface area contributed by atoms with Crippen molar-refractivity contribution in [3.63, 3.8) is 0 Å². The summed E-state index contributed by atoms with van der Waals surface area (Å²) in [5.41, 5.74) is 2.74. The Kier molecular flexibility index (Phi) is 5.61. The molecule has 0 spiro atoms. The summed E-state index contributed by atoms with van der Waals surface area (Å²) in [7, 11) is 0. The molecule has 5 nitrogen and oxygen atoms in total. The number of pyridine rings is 2. The highest BCUT2D eigenvalue weighted by Gasteiger charge is 2.28. The maximum Gasteiger partial charge on any atom is 0.422 e. The van der Waals surface area contributed by atoms with Gasteiger partial charge in [0.15, 0.2) is 6.61 Å². The van der Waals surface area contributed by atoms with Crippen LogP contribution in [0.1, 0.15) is 40.1 Å². The van der Waals surface area contributed by atoms with E-state index in [1.54, 1.807) is 25.3 Å². The first-order chi connectivity index (χ1) is 11.7. The maximum absolute atomic E-state index is 12.4. The Labute approximate surface area is 143 Å². The van der Waals surface area contributed by atoms with Gasteiger partial charge in [-0.15, -0.1) is 0 Å². The Bertz CT molecular complexity index is 746. The standard InChI is InChI=1S/C17H18F3N3O2/c1-10-11(2)21-7-6-14(10)16(24)23-12(3)13-4-5-15(22-8-13)25-9-17(18,19)20/h4-8,12H,9H2,1-3H3,(H,23,24). The molecule has 0 radical (unpaired) electrons. The SMILES string of the molecule is Cc1nccc(C(=O)NC(C)c2ccc(OCC(F)(F)F)nc2)c1C. The molecule has 0 aliphatic rings. The molecule has 0 aliphatic heterocycles. The largest absolute Gasteiger partial charge is 0.468 e. The third kappa shape index (κ3) is 5.17. The summed E-state index contributed by atoms with van der Waals surface area (Å²) in [6, 6.07) is 4.17. The highest BCUT2D eigenvalue weighted by atomic mass is 19.4. The topological polar surface area (TPSA) is 64.1 Å². The smallest absolute Gasteiger partial charge is 0.422 e. The summed E-state index contributed by atoms with van der Waals surface area (Å²) in [4.78, 5) is 20.3. The quantitative estimate of drug-likeness (QED) is 0.893. The fourth-order valence-corrected chi connectivity index (χ4v) is 2.13. The van der Waals surface area contributed by atoms with Gasteiger partial charge in [0.25, 0.3) is 5.91 Å². The van der Waals surface area contributed by atoms with Crippen molar-refractivity contribution in [1.82, 2.24) is 15.3 Å². The number of aryl methyl sites for hydroxylation is 1. The van der Waals surface area contributed by atoms with Crippen LogP contribution in [0.15, 0.2) is 30.6 Å². The van der Waals surface area contributed by atoms with Gasteiger partial charge in [0.2, 0.25) is 5.88 Å². The molecule has 0 bridgehead atoms. The van der Waals surface area contributed by atoms with E-state index in [4.69, 9.17) is 0 Å². The first-order valence-electron chi connectivity index (χ1n) is 7.56. The number of carbonyl (C=O) groups is 1. The van der Waals surface area contributed by atoms with Gasteiger partial charge in [-0.3, -0.25) is 9.78 Å². The lowest BCUT2D eigenvalue weighted by Crippen LogP contribution is -2.27. The molecule has 0 aromatic carbocycles. The zero-order chi connectivity index (χ0) is 18.6. The molecule has 1 atom stereocenters. The number of nitrogens with zero attached hydrogens (tertiary/aromatic N) is 2. The molecular formula is C17H18F3N3O2. The van der Waals surface area contributed by atoms with Gasteiger partial charge in [0, 0.05) is 29.7 Å². The fourth-order valence-electron chi connectivity index (χ4n) is 2.13. The minimum atomic E-state index is -4.41. The molecule has 2 heterocycles. The number of halogens is 3. The predicted octanol–water partition coefficient (Wildman–Crippen LogP) is 3.53. The second-order valence-corrected chi connectivity index (χ2v) is 5.60. The van der Waals surface area contributed by atoms with Crippen LogP contribution in [0.25, 0.3) is 0 Å². The van der Waals surface area contributed by atoms with Crippen LogP contribution in [-0.4, -0.2) is 28.7 Å². The first-order valence-corrected chi connectivity index (χ1v) is 7.56. The lowest BCUT2D eigenvalue weighted by atomic mass is 10.1. The van der Waals surface area contributed by atoms with Crippen molar-refractivity contribution in [2.24, 2.45) is 0 Å². The van der Waals surface area contributed by atoms with Crippen molar-refractivity contribution in [2.75, 3.05) is 6.61 Å². The second kappa shape index (κ2) is 7.50. The Morgan fingerprint density at radius 2 is 1.96 bits per heavy atom. The van der Waals surface area contributed by atoms with Gasteiger partial charge in [-0.1, -0.05) is 6.07 Å². The minimum absolute atomic E-state index is 0.125. The monoisotopic (exact) mass is 353 g/mol. The average molecular weight is 353 g/mol. The number of alkyl halides is 3. The molecule has 1 amide bonds. The third-order valence-corrected chi connectivity index (χ3v) is 3.69.